The van der Waals surface area contributed by atoms with Gasteiger partial charge in [-0.25, -0.2) is 0 Å². The Balaban J connectivity index is 1.76. The molecule has 0 unspecified atom stereocenters. The summed E-state index contributed by atoms with van der Waals surface area (Å²) >= 11 is 0. The summed E-state index contributed by atoms with van der Waals surface area (Å²) in [7, 11) is 0. The van der Waals surface area contributed by atoms with E-state index in [2.05, 4.69) is 98.8 Å². The molecular formula is C28H20. The lowest BCUT2D eigenvalue weighted by molar-refractivity contribution is 1.53. The Hall–Kier alpha value is -3.38. The zero-order valence-electron chi connectivity index (χ0n) is 16.1. The predicted molar refractivity (Wildman–Crippen MR) is 123 cm³/mol. The molecule has 0 nitrogen and oxygen atoms in total. The molecule has 6 aromatic rings. The topological polar surface area (TPSA) is 0 Å². The maximum absolute atomic E-state index is 2.37. The second kappa shape index (κ2) is 5.56. The van der Waals surface area contributed by atoms with Crippen molar-refractivity contribution < 1.29 is 0 Å². The van der Waals surface area contributed by atoms with Crippen LogP contribution in [-0.4, -0.2) is 0 Å². The monoisotopic (exact) mass is 356 g/mol. The molecule has 0 saturated heterocycles. The highest BCUT2D eigenvalue weighted by molar-refractivity contribution is 6.12. The van der Waals surface area contributed by atoms with Gasteiger partial charge in [0.15, 0.2) is 0 Å². The van der Waals surface area contributed by atoms with Crippen LogP contribution in [0.4, 0.5) is 0 Å². The lowest BCUT2D eigenvalue weighted by Gasteiger charge is -2.12. The summed E-state index contributed by atoms with van der Waals surface area (Å²) in [6.45, 7) is 4.46. The number of rotatable bonds is 0. The van der Waals surface area contributed by atoms with Gasteiger partial charge in [0.25, 0.3) is 0 Å². The number of aryl methyl sites for hydroxylation is 2. The van der Waals surface area contributed by atoms with Crippen molar-refractivity contribution >= 4 is 53.9 Å². The van der Waals surface area contributed by atoms with Crippen molar-refractivity contribution in [1.82, 2.24) is 0 Å². The van der Waals surface area contributed by atoms with Gasteiger partial charge in [0.1, 0.15) is 0 Å². The largest absolute Gasteiger partial charge is 0.0616 e. The molecule has 0 aliphatic rings. The van der Waals surface area contributed by atoms with Crippen LogP contribution in [0.5, 0.6) is 0 Å². The Morgan fingerprint density at radius 1 is 0.393 bits per heavy atom. The third kappa shape index (κ3) is 2.18. The Labute approximate surface area is 164 Å². The fourth-order valence-electron chi connectivity index (χ4n) is 4.71. The molecule has 132 valence electrons. The first-order valence-corrected chi connectivity index (χ1v) is 9.86. The highest BCUT2D eigenvalue weighted by Gasteiger charge is 2.09. The maximum Gasteiger partial charge on any atom is -0.0142 e. The van der Waals surface area contributed by atoms with E-state index in [1.165, 1.54) is 65.0 Å². The van der Waals surface area contributed by atoms with Crippen LogP contribution in [0, 0.1) is 13.8 Å². The average molecular weight is 356 g/mol. The second-order valence-corrected chi connectivity index (χ2v) is 7.99. The van der Waals surface area contributed by atoms with Crippen molar-refractivity contribution in [3.8, 4) is 0 Å². The molecule has 0 N–H and O–H groups in total. The summed E-state index contributed by atoms with van der Waals surface area (Å²) in [5.41, 5.74) is 2.70. The van der Waals surface area contributed by atoms with Crippen LogP contribution in [0.1, 0.15) is 11.1 Å². The molecule has 0 heterocycles. The van der Waals surface area contributed by atoms with E-state index in [0.29, 0.717) is 0 Å². The molecule has 0 radical (unpaired) electrons. The smallest absolute Gasteiger partial charge is 0.0142 e. The molecule has 0 atom stereocenters. The molecule has 0 aliphatic heterocycles. The SMILES string of the molecule is Cc1cccc2cc3c(C)c4cc5cc6ccccc6cc5cc4cc3cc12. The Bertz CT molecular complexity index is 1570. The van der Waals surface area contributed by atoms with Crippen molar-refractivity contribution in [3.63, 3.8) is 0 Å². The van der Waals surface area contributed by atoms with Gasteiger partial charge < -0.3 is 0 Å². The number of hydrogen-bond donors (Lipinski definition) is 0. The van der Waals surface area contributed by atoms with Crippen LogP contribution in [0.15, 0.2) is 84.9 Å². The minimum Gasteiger partial charge on any atom is -0.0616 e. The number of hydrogen-bond acceptors (Lipinski definition) is 0. The minimum atomic E-state index is 1.30. The van der Waals surface area contributed by atoms with Crippen molar-refractivity contribution in [2.45, 2.75) is 13.8 Å². The lowest BCUT2D eigenvalue weighted by Crippen LogP contribution is -1.87. The van der Waals surface area contributed by atoms with Gasteiger partial charge in [-0.15, -0.1) is 0 Å². The molecule has 0 aromatic heterocycles. The second-order valence-electron chi connectivity index (χ2n) is 7.99. The molecule has 0 fully saturated rings. The third-order valence-corrected chi connectivity index (χ3v) is 6.26. The summed E-state index contributed by atoms with van der Waals surface area (Å²) in [5, 5.41) is 13.2. The molecule has 0 aliphatic carbocycles. The normalized spacial score (nSPS) is 11.9. The zero-order chi connectivity index (χ0) is 18.8. The average Bonchev–Trinajstić information content (AvgIpc) is 2.71. The van der Waals surface area contributed by atoms with Crippen molar-refractivity contribution in [2.75, 3.05) is 0 Å². The molecule has 28 heavy (non-hydrogen) atoms. The molecule has 6 rings (SSSR count). The number of benzene rings is 6. The maximum atomic E-state index is 2.37. The van der Waals surface area contributed by atoms with Gasteiger partial charge in [-0.2, -0.15) is 0 Å². The molecule has 0 heteroatoms. The molecule has 6 aromatic carbocycles. The van der Waals surface area contributed by atoms with Crippen LogP contribution in [0.3, 0.4) is 0 Å². The number of fused-ring (bicyclic) bond motifs is 5. The first-order valence-electron chi connectivity index (χ1n) is 9.86. The molecule has 0 saturated carbocycles. The highest BCUT2D eigenvalue weighted by Crippen LogP contribution is 2.35. The first kappa shape index (κ1) is 15.7. The summed E-state index contributed by atoms with van der Waals surface area (Å²) in [6.07, 6.45) is 0. The van der Waals surface area contributed by atoms with Gasteiger partial charge in [0.2, 0.25) is 0 Å². The Morgan fingerprint density at radius 3 is 1.64 bits per heavy atom. The van der Waals surface area contributed by atoms with Gasteiger partial charge in [0.05, 0.1) is 0 Å². The van der Waals surface area contributed by atoms with E-state index in [9.17, 15) is 0 Å². The van der Waals surface area contributed by atoms with E-state index in [1.807, 2.05) is 0 Å². The van der Waals surface area contributed by atoms with E-state index in [0.717, 1.165) is 0 Å². The lowest BCUT2D eigenvalue weighted by atomic mass is 9.92. The Kier molecular flexibility index (Phi) is 3.11. The van der Waals surface area contributed by atoms with Crippen molar-refractivity contribution in [1.29, 1.82) is 0 Å². The highest BCUT2D eigenvalue weighted by atomic mass is 14.1. The molecule has 0 amide bonds. The van der Waals surface area contributed by atoms with Crippen LogP contribution >= 0.6 is 0 Å². The predicted octanol–water partition coefficient (Wildman–Crippen LogP) is 8.07. The van der Waals surface area contributed by atoms with E-state index in [4.69, 9.17) is 0 Å². The third-order valence-electron chi connectivity index (χ3n) is 6.26. The van der Waals surface area contributed by atoms with E-state index >= 15 is 0 Å². The van der Waals surface area contributed by atoms with E-state index in [1.54, 1.807) is 0 Å². The molecule has 0 spiro atoms. The summed E-state index contributed by atoms with van der Waals surface area (Å²) in [4.78, 5) is 0. The molecular weight excluding hydrogens is 336 g/mol. The quantitative estimate of drug-likeness (QED) is 0.241. The van der Waals surface area contributed by atoms with Crippen molar-refractivity contribution in [3.05, 3.63) is 96.1 Å². The van der Waals surface area contributed by atoms with Gasteiger partial charge in [0, 0.05) is 0 Å². The van der Waals surface area contributed by atoms with E-state index < -0.39 is 0 Å². The van der Waals surface area contributed by atoms with Gasteiger partial charge >= 0.3 is 0 Å². The van der Waals surface area contributed by atoms with Crippen LogP contribution in [-0.2, 0) is 0 Å². The van der Waals surface area contributed by atoms with Gasteiger partial charge in [-0.1, -0.05) is 42.5 Å². The standard InChI is InChI=1S/C28H20/c1-17-6-5-9-21-14-27-18(2)28-15-23-11-20-8-4-3-7-19(20)10-22(23)12-24(28)13-25(27)16-26(17)21/h3-16H,1-2H3. The summed E-state index contributed by atoms with van der Waals surface area (Å²) < 4.78 is 0. The minimum absolute atomic E-state index is 1.30. The van der Waals surface area contributed by atoms with E-state index in [-0.39, 0.29) is 0 Å². The molecule has 0 bridgehead atoms. The fraction of sp³-hybridized carbons (Fsp3) is 0.0714. The fourth-order valence-corrected chi connectivity index (χ4v) is 4.71. The van der Waals surface area contributed by atoms with Gasteiger partial charge in [-0.05, 0) is 121 Å². The summed E-state index contributed by atoms with van der Waals surface area (Å²) in [5.74, 6) is 0. The first-order chi connectivity index (χ1) is 13.7. The van der Waals surface area contributed by atoms with Crippen LogP contribution in [0.25, 0.3) is 53.9 Å². The van der Waals surface area contributed by atoms with Gasteiger partial charge in [-0.3, -0.25) is 0 Å². The van der Waals surface area contributed by atoms with Crippen molar-refractivity contribution in [2.24, 2.45) is 0 Å². The van der Waals surface area contributed by atoms with Crippen LogP contribution in [0.2, 0.25) is 0 Å². The zero-order valence-corrected chi connectivity index (χ0v) is 16.1. The Morgan fingerprint density at radius 2 is 0.893 bits per heavy atom. The van der Waals surface area contributed by atoms with Crippen LogP contribution < -0.4 is 0 Å². The summed E-state index contributed by atoms with van der Waals surface area (Å²) in [6, 6.07) is 31.6.